The first kappa shape index (κ1) is 14.4. The molecule has 1 N–H and O–H groups in total. The Hall–Kier alpha value is -1.99. The Bertz CT molecular complexity index is 693. The van der Waals surface area contributed by atoms with Crippen molar-refractivity contribution in [1.29, 1.82) is 0 Å². The summed E-state index contributed by atoms with van der Waals surface area (Å²) in [7, 11) is 0. The predicted octanol–water partition coefficient (Wildman–Crippen LogP) is 3.66. The molecule has 0 saturated carbocycles. The molecule has 0 spiro atoms. The lowest BCUT2D eigenvalue weighted by atomic mass is 10.2. The van der Waals surface area contributed by atoms with E-state index in [4.69, 9.17) is 11.6 Å². The van der Waals surface area contributed by atoms with Crippen LogP contribution in [0.15, 0.2) is 41.1 Å². The van der Waals surface area contributed by atoms with Crippen molar-refractivity contribution in [3.8, 4) is 0 Å². The van der Waals surface area contributed by atoms with Crippen LogP contribution >= 0.6 is 27.5 Å². The summed E-state index contributed by atoms with van der Waals surface area (Å²) in [5, 5.41) is 13.3. The van der Waals surface area contributed by atoms with Crippen molar-refractivity contribution in [2.45, 2.75) is 0 Å². The van der Waals surface area contributed by atoms with Crippen LogP contribution in [0.5, 0.6) is 0 Å². The lowest BCUT2D eigenvalue weighted by molar-refractivity contribution is -0.384. The second-order valence-electron chi connectivity index (χ2n) is 3.73. The maximum absolute atomic E-state index is 12.1. The van der Waals surface area contributed by atoms with Crippen LogP contribution in [0.2, 0.25) is 5.02 Å². The first-order valence-corrected chi connectivity index (χ1v) is 6.51. The molecule has 0 saturated heterocycles. The molecule has 0 bridgehead atoms. The second kappa shape index (κ2) is 5.98. The minimum Gasteiger partial charge on any atom is -0.321 e. The number of pyridine rings is 1. The smallest absolute Gasteiger partial charge is 0.270 e. The number of hydrogen-bond donors (Lipinski definition) is 1. The van der Waals surface area contributed by atoms with Crippen LogP contribution in [-0.4, -0.2) is 15.8 Å². The molecule has 1 aromatic carbocycles. The van der Waals surface area contributed by atoms with Crippen LogP contribution in [0, 0.1) is 10.1 Å². The molecule has 8 heteroatoms. The molecule has 2 rings (SSSR count). The maximum Gasteiger partial charge on any atom is 0.270 e. The molecular weight excluding hydrogens is 350 g/mol. The number of non-ortho nitro benzene ring substituents is 1. The van der Waals surface area contributed by atoms with Crippen LogP contribution in [0.3, 0.4) is 0 Å². The average molecular weight is 357 g/mol. The fourth-order valence-electron chi connectivity index (χ4n) is 1.47. The number of nitrogens with one attached hydrogen (secondary N) is 1. The minimum atomic E-state index is -0.576. The molecule has 1 aromatic heterocycles. The van der Waals surface area contributed by atoms with Gasteiger partial charge >= 0.3 is 0 Å². The second-order valence-corrected chi connectivity index (χ2v) is 4.99. The lowest BCUT2D eigenvalue weighted by Crippen LogP contribution is -2.13. The molecule has 0 aliphatic carbocycles. The number of halogens is 2. The average Bonchev–Trinajstić information content (AvgIpc) is 2.41. The van der Waals surface area contributed by atoms with Gasteiger partial charge in [-0.3, -0.25) is 19.9 Å². The minimum absolute atomic E-state index is 0.0156. The van der Waals surface area contributed by atoms with E-state index in [9.17, 15) is 14.9 Å². The Labute approximate surface area is 127 Å². The molecule has 6 nitrogen and oxygen atoms in total. The third kappa shape index (κ3) is 3.12. The number of hydrogen-bond acceptors (Lipinski definition) is 4. The number of rotatable bonds is 3. The monoisotopic (exact) mass is 355 g/mol. The van der Waals surface area contributed by atoms with E-state index < -0.39 is 10.8 Å². The van der Waals surface area contributed by atoms with Gasteiger partial charge in [-0.1, -0.05) is 11.6 Å². The highest BCUT2D eigenvalue weighted by Crippen LogP contribution is 2.25. The molecular formula is C12H7BrClN3O3. The topological polar surface area (TPSA) is 85.1 Å². The molecule has 20 heavy (non-hydrogen) atoms. The van der Waals surface area contributed by atoms with Crippen LogP contribution in [0.4, 0.5) is 11.4 Å². The Morgan fingerprint density at radius 2 is 2.15 bits per heavy atom. The van der Waals surface area contributed by atoms with E-state index in [1.54, 1.807) is 6.07 Å². The quantitative estimate of drug-likeness (QED) is 0.672. The van der Waals surface area contributed by atoms with Crippen molar-refractivity contribution in [2.75, 3.05) is 5.32 Å². The third-order valence-corrected chi connectivity index (χ3v) is 3.37. The number of nitro groups is 1. The fraction of sp³-hybridized carbons (Fsp3) is 0. The van der Waals surface area contributed by atoms with Gasteiger partial charge < -0.3 is 5.32 Å². The SMILES string of the molecule is O=C(Nc1ccncc1Br)c1ccc([N+](=O)[O-])cc1Cl. The van der Waals surface area contributed by atoms with Gasteiger partial charge in [0.25, 0.3) is 11.6 Å². The van der Waals surface area contributed by atoms with Crippen molar-refractivity contribution >= 4 is 44.8 Å². The number of aromatic nitrogens is 1. The Balaban J connectivity index is 2.26. The lowest BCUT2D eigenvalue weighted by Gasteiger charge is -2.07. The summed E-state index contributed by atoms with van der Waals surface area (Å²) in [6.45, 7) is 0. The Morgan fingerprint density at radius 1 is 1.40 bits per heavy atom. The summed E-state index contributed by atoms with van der Waals surface area (Å²) in [4.78, 5) is 26.0. The van der Waals surface area contributed by atoms with Gasteiger partial charge in [-0.15, -0.1) is 0 Å². The highest BCUT2D eigenvalue weighted by Gasteiger charge is 2.15. The summed E-state index contributed by atoms with van der Waals surface area (Å²) in [6.07, 6.45) is 3.06. The van der Waals surface area contributed by atoms with E-state index >= 15 is 0 Å². The van der Waals surface area contributed by atoms with Crippen LogP contribution < -0.4 is 5.32 Å². The molecule has 1 heterocycles. The molecule has 0 aliphatic rings. The number of anilines is 1. The fourth-order valence-corrected chi connectivity index (χ4v) is 2.08. The number of nitro benzene ring substituents is 1. The number of carbonyl (C=O) groups is 1. The van der Waals surface area contributed by atoms with Gasteiger partial charge in [-0.05, 0) is 28.1 Å². The van der Waals surface area contributed by atoms with Gasteiger partial charge in [0.1, 0.15) is 0 Å². The van der Waals surface area contributed by atoms with Gasteiger partial charge in [0, 0.05) is 24.5 Å². The molecule has 0 aliphatic heterocycles. The van der Waals surface area contributed by atoms with E-state index in [0.717, 1.165) is 6.07 Å². The first-order chi connectivity index (χ1) is 9.49. The predicted molar refractivity (Wildman–Crippen MR) is 78.0 cm³/mol. The molecule has 102 valence electrons. The molecule has 0 radical (unpaired) electrons. The van der Waals surface area contributed by atoms with E-state index in [2.05, 4.69) is 26.2 Å². The summed E-state index contributed by atoms with van der Waals surface area (Å²) in [5.74, 6) is -0.461. The van der Waals surface area contributed by atoms with Gasteiger partial charge in [0.05, 0.1) is 25.7 Å². The van der Waals surface area contributed by atoms with Gasteiger partial charge in [0.15, 0.2) is 0 Å². The summed E-state index contributed by atoms with van der Waals surface area (Å²) in [6, 6.07) is 5.28. The standard InChI is InChI=1S/C12H7BrClN3O3/c13-9-6-15-4-3-11(9)16-12(18)8-2-1-7(17(19)20)5-10(8)14/h1-6H,(H,15,16,18). The highest BCUT2D eigenvalue weighted by atomic mass is 79.9. The number of carbonyl (C=O) groups excluding carboxylic acids is 1. The van der Waals surface area contributed by atoms with Crippen molar-refractivity contribution in [1.82, 2.24) is 4.98 Å². The van der Waals surface area contributed by atoms with E-state index in [1.165, 1.54) is 24.5 Å². The summed E-state index contributed by atoms with van der Waals surface area (Å²) < 4.78 is 0.617. The van der Waals surface area contributed by atoms with Crippen molar-refractivity contribution in [3.63, 3.8) is 0 Å². The molecule has 1 amide bonds. The maximum atomic E-state index is 12.1. The van der Waals surface area contributed by atoms with Gasteiger partial charge in [-0.25, -0.2) is 0 Å². The summed E-state index contributed by atoms with van der Waals surface area (Å²) in [5.41, 5.74) is 0.511. The molecule has 0 fully saturated rings. The number of amides is 1. The van der Waals surface area contributed by atoms with Gasteiger partial charge in [-0.2, -0.15) is 0 Å². The molecule has 0 atom stereocenters. The first-order valence-electron chi connectivity index (χ1n) is 5.34. The zero-order valence-electron chi connectivity index (χ0n) is 9.84. The van der Waals surface area contributed by atoms with E-state index in [1.807, 2.05) is 0 Å². The molecule has 2 aromatic rings. The van der Waals surface area contributed by atoms with Crippen LogP contribution in [0.25, 0.3) is 0 Å². The van der Waals surface area contributed by atoms with E-state index in [0.29, 0.717) is 10.2 Å². The van der Waals surface area contributed by atoms with Crippen molar-refractivity contribution in [3.05, 3.63) is 61.8 Å². The van der Waals surface area contributed by atoms with Crippen molar-refractivity contribution in [2.24, 2.45) is 0 Å². The number of benzene rings is 1. The zero-order valence-corrected chi connectivity index (χ0v) is 12.2. The van der Waals surface area contributed by atoms with E-state index in [-0.39, 0.29) is 16.3 Å². The highest BCUT2D eigenvalue weighted by molar-refractivity contribution is 9.10. The molecule has 0 unspecified atom stereocenters. The summed E-state index contributed by atoms with van der Waals surface area (Å²) >= 11 is 9.13. The van der Waals surface area contributed by atoms with Crippen LogP contribution in [0.1, 0.15) is 10.4 Å². The zero-order chi connectivity index (χ0) is 14.7. The normalized spacial score (nSPS) is 10.1. The van der Waals surface area contributed by atoms with Gasteiger partial charge in [0.2, 0.25) is 0 Å². The number of nitrogens with zero attached hydrogens (tertiary/aromatic N) is 2. The Morgan fingerprint density at radius 3 is 2.75 bits per heavy atom. The largest absolute Gasteiger partial charge is 0.321 e. The van der Waals surface area contributed by atoms with Crippen LogP contribution in [-0.2, 0) is 0 Å². The van der Waals surface area contributed by atoms with Crippen molar-refractivity contribution < 1.29 is 9.72 Å². The third-order valence-electron chi connectivity index (χ3n) is 2.43. The Kier molecular flexibility index (Phi) is 4.31.